The van der Waals surface area contributed by atoms with Crippen LogP contribution in [0.2, 0.25) is 0 Å². The maximum absolute atomic E-state index is 12.5. The van der Waals surface area contributed by atoms with Crippen molar-refractivity contribution in [3.05, 3.63) is 59.7 Å². The monoisotopic (exact) mass is 453 g/mol. The smallest absolute Gasteiger partial charge is 0.407 e. The highest BCUT2D eigenvalue weighted by molar-refractivity contribution is 5.89. The van der Waals surface area contributed by atoms with Gasteiger partial charge in [-0.15, -0.1) is 0 Å². The van der Waals surface area contributed by atoms with E-state index in [0.29, 0.717) is 6.54 Å². The first-order chi connectivity index (χ1) is 15.9. The average Bonchev–Trinajstić information content (AvgIpc) is 3.12. The Morgan fingerprint density at radius 1 is 0.970 bits per heavy atom. The number of nitrogens with one attached hydrogen (secondary N) is 3. The van der Waals surface area contributed by atoms with Crippen LogP contribution in [-0.4, -0.2) is 54.7 Å². The Balaban J connectivity index is 1.62. The molecule has 174 valence electrons. The highest BCUT2D eigenvalue weighted by Crippen LogP contribution is 2.44. The number of aliphatic carboxylic acids is 1. The van der Waals surface area contributed by atoms with Crippen LogP contribution in [0.1, 0.15) is 36.8 Å². The van der Waals surface area contributed by atoms with Crippen LogP contribution < -0.4 is 16.0 Å². The van der Waals surface area contributed by atoms with Crippen LogP contribution in [0.3, 0.4) is 0 Å². The lowest BCUT2D eigenvalue weighted by atomic mass is 9.98. The number of hydrogen-bond acceptors (Lipinski definition) is 5. The summed E-state index contributed by atoms with van der Waals surface area (Å²) in [7, 11) is 0. The molecule has 4 N–H and O–H groups in total. The van der Waals surface area contributed by atoms with Crippen molar-refractivity contribution >= 4 is 23.9 Å². The van der Waals surface area contributed by atoms with Gasteiger partial charge in [-0.05, 0) is 35.6 Å². The molecule has 0 fully saturated rings. The number of carbonyl (C=O) groups excluding carboxylic acids is 3. The van der Waals surface area contributed by atoms with Gasteiger partial charge in [-0.25, -0.2) is 4.79 Å². The van der Waals surface area contributed by atoms with Crippen LogP contribution in [0.15, 0.2) is 48.5 Å². The predicted octanol–water partition coefficient (Wildman–Crippen LogP) is 2.01. The van der Waals surface area contributed by atoms with Crippen LogP contribution in [-0.2, 0) is 19.1 Å². The molecule has 3 rings (SSSR count). The maximum atomic E-state index is 12.5. The lowest BCUT2D eigenvalue weighted by molar-refractivity contribution is -0.137. The molecule has 1 atom stereocenters. The highest BCUT2D eigenvalue weighted by Gasteiger charge is 2.30. The summed E-state index contributed by atoms with van der Waals surface area (Å²) in [6.45, 7) is 1.94. The van der Waals surface area contributed by atoms with E-state index >= 15 is 0 Å². The van der Waals surface area contributed by atoms with Crippen LogP contribution in [0.5, 0.6) is 0 Å². The summed E-state index contributed by atoms with van der Waals surface area (Å²) in [5.74, 6) is -2.29. The first kappa shape index (κ1) is 23.8. The Morgan fingerprint density at radius 3 is 2.15 bits per heavy atom. The molecule has 1 aliphatic carbocycles. The third-order valence-electron chi connectivity index (χ3n) is 5.40. The molecule has 0 heterocycles. The molecule has 0 bridgehead atoms. The normalized spacial score (nSPS) is 12.8. The van der Waals surface area contributed by atoms with E-state index in [1.54, 1.807) is 6.92 Å². The van der Waals surface area contributed by atoms with E-state index in [4.69, 9.17) is 9.84 Å². The molecule has 0 aliphatic heterocycles. The molecule has 0 saturated carbocycles. The van der Waals surface area contributed by atoms with E-state index in [0.717, 1.165) is 22.3 Å². The minimum atomic E-state index is -1.15. The predicted molar refractivity (Wildman–Crippen MR) is 121 cm³/mol. The zero-order valence-electron chi connectivity index (χ0n) is 18.3. The minimum absolute atomic E-state index is 0.0615. The Kier molecular flexibility index (Phi) is 8.01. The van der Waals surface area contributed by atoms with E-state index in [9.17, 15) is 19.2 Å². The Labute approximate surface area is 191 Å². The van der Waals surface area contributed by atoms with Gasteiger partial charge in [-0.1, -0.05) is 48.5 Å². The SMILES string of the molecule is CCNC(=O)CNC(=O)C(CCC(=O)O)NC(=O)OCC1c2ccccc2-c2ccccc21. The van der Waals surface area contributed by atoms with Crippen molar-refractivity contribution in [3.63, 3.8) is 0 Å². The summed E-state index contributed by atoms with van der Waals surface area (Å²) in [6, 6.07) is 14.7. The molecule has 9 heteroatoms. The molecule has 1 aliphatic rings. The Bertz CT molecular complexity index is 993. The van der Waals surface area contributed by atoms with Crippen molar-refractivity contribution in [2.75, 3.05) is 19.7 Å². The zero-order chi connectivity index (χ0) is 23.8. The van der Waals surface area contributed by atoms with Gasteiger partial charge in [0.1, 0.15) is 12.6 Å². The van der Waals surface area contributed by atoms with Crippen molar-refractivity contribution in [2.24, 2.45) is 0 Å². The topological polar surface area (TPSA) is 134 Å². The summed E-state index contributed by atoms with van der Waals surface area (Å²) in [5.41, 5.74) is 4.28. The maximum Gasteiger partial charge on any atom is 0.407 e. The van der Waals surface area contributed by atoms with Gasteiger partial charge in [0, 0.05) is 18.9 Å². The lowest BCUT2D eigenvalue weighted by Crippen LogP contribution is -2.49. The minimum Gasteiger partial charge on any atom is -0.481 e. The molecule has 0 saturated heterocycles. The molecule has 1 unspecified atom stereocenters. The zero-order valence-corrected chi connectivity index (χ0v) is 18.3. The third kappa shape index (κ3) is 6.09. The molecule has 2 aromatic carbocycles. The fraction of sp³-hybridized carbons (Fsp3) is 0.333. The number of ether oxygens (including phenoxy) is 1. The number of carbonyl (C=O) groups is 4. The van der Waals surface area contributed by atoms with Crippen LogP contribution in [0.4, 0.5) is 4.79 Å². The molecule has 2 aromatic rings. The van der Waals surface area contributed by atoms with Crippen molar-refractivity contribution < 1.29 is 29.0 Å². The molecule has 3 amide bonds. The number of benzene rings is 2. The van der Waals surface area contributed by atoms with Gasteiger partial charge < -0.3 is 25.8 Å². The second kappa shape index (κ2) is 11.1. The first-order valence-electron chi connectivity index (χ1n) is 10.8. The van der Waals surface area contributed by atoms with E-state index in [2.05, 4.69) is 16.0 Å². The molecular weight excluding hydrogens is 426 g/mol. The van der Waals surface area contributed by atoms with Crippen LogP contribution in [0.25, 0.3) is 11.1 Å². The first-order valence-corrected chi connectivity index (χ1v) is 10.8. The number of rotatable bonds is 10. The van der Waals surface area contributed by atoms with Gasteiger partial charge in [0.2, 0.25) is 11.8 Å². The van der Waals surface area contributed by atoms with Crippen molar-refractivity contribution in [1.29, 1.82) is 0 Å². The number of carboxylic acid groups (broad SMARTS) is 1. The van der Waals surface area contributed by atoms with Gasteiger partial charge in [0.05, 0.1) is 6.54 Å². The quantitative estimate of drug-likeness (QED) is 0.435. The third-order valence-corrected chi connectivity index (χ3v) is 5.40. The molecular formula is C24H27N3O6. The molecule has 33 heavy (non-hydrogen) atoms. The molecule has 0 aromatic heterocycles. The Morgan fingerprint density at radius 2 is 1.58 bits per heavy atom. The number of fused-ring (bicyclic) bond motifs is 3. The van der Waals surface area contributed by atoms with Gasteiger partial charge in [-0.3, -0.25) is 14.4 Å². The number of amides is 3. The summed E-state index contributed by atoms with van der Waals surface area (Å²) < 4.78 is 5.43. The van der Waals surface area contributed by atoms with Crippen molar-refractivity contribution in [2.45, 2.75) is 31.7 Å². The number of likely N-dealkylation sites (N-methyl/N-ethyl adjacent to an activating group) is 1. The van der Waals surface area contributed by atoms with Gasteiger partial charge in [0.15, 0.2) is 0 Å². The second-order valence-corrected chi connectivity index (χ2v) is 7.63. The van der Waals surface area contributed by atoms with Gasteiger partial charge >= 0.3 is 12.1 Å². The van der Waals surface area contributed by atoms with Gasteiger partial charge in [0.25, 0.3) is 0 Å². The summed E-state index contributed by atoms with van der Waals surface area (Å²) in [5, 5.41) is 16.3. The Hall–Kier alpha value is -3.88. The van der Waals surface area contributed by atoms with E-state index in [1.807, 2.05) is 48.5 Å². The fourth-order valence-electron chi connectivity index (χ4n) is 3.87. The standard InChI is InChI=1S/C24H27N3O6/c1-2-25-21(28)13-26-23(31)20(11-12-22(29)30)27-24(32)33-14-19-17-9-5-3-7-15(17)16-8-4-6-10-18(16)19/h3-10,19-20H,2,11-14H2,1H3,(H,25,28)(H,26,31)(H,27,32)(H,29,30). The van der Waals surface area contributed by atoms with Crippen molar-refractivity contribution in [1.82, 2.24) is 16.0 Å². The largest absolute Gasteiger partial charge is 0.481 e. The molecule has 0 radical (unpaired) electrons. The fourth-order valence-corrected chi connectivity index (χ4v) is 3.87. The van der Waals surface area contributed by atoms with Crippen molar-refractivity contribution in [3.8, 4) is 11.1 Å². The summed E-state index contributed by atoms with van der Waals surface area (Å²) >= 11 is 0. The van der Waals surface area contributed by atoms with Crippen LogP contribution >= 0.6 is 0 Å². The summed E-state index contributed by atoms with van der Waals surface area (Å²) in [4.78, 5) is 47.5. The molecule has 0 spiro atoms. The number of alkyl carbamates (subject to hydrolysis) is 1. The highest BCUT2D eigenvalue weighted by atomic mass is 16.5. The van der Waals surface area contributed by atoms with E-state index in [-0.39, 0.29) is 37.8 Å². The van der Waals surface area contributed by atoms with Crippen LogP contribution in [0, 0.1) is 0 Å². The second-order valence-electron chi connectivity index (χ2n) is 7.63. The molecule has 9 nitrogen and oxygen atoms in total. The van der Waals surface area contributed by atoms with Gasteiger partial charge in [-0.2, -0.15) is 0 Å². The lowest BCUT2D eigenvalue weighted by Gasteiger charge is -2.19. The average molecular weight is 453 g/mol. The van der Waals surface area contributed by atoms with E-state index < -0.39 is 24.0 Å². The van der Waals surface area contributed by atoms with E-state index in [1.165, 1.54) is 0 Å². The summed E-state index contributed by atoms with van der Waals surface area (Å²) in [6.07, 6.45) is -1.30. The number of hydrogen-bond donors (Lipinski definition) is 4. The number of carboxylic acids is 1.